The van der Waals surface area contributed by atoms with E-state index in [1.165, 1.54) is 0 Å². The molecule has 0 aliphatic heterocycles. The van der Waals surface area contributed by atoms with Gasteiger partial charge in [-0.25, -0.2) is 4.98 Å². The average molecular weight is 457 g/mol. The Kier molecular flexibility index (Phi) is 5.50. The fraction of sp³-hybridized carbons (Fsp3) is 0.150. The van der Waals surface area contributed by atoms with Crippen LogP contribution in [0.2, 0.25) is 0 Å². The molecule has 4 aromatic rings. The molecule has 4 rings (SSSR count). The summed E-state index contributed by atoms with van der Waals surface area (Å²) in [7, 11) is 1.64. The molecule has 6 nitrogen and oxygen atoms in total. The highest BCUT2D eigenvalue weighted by Crippen LogP contribution is 2.35. The highest BCUT2D eigenvalue weighted by Gasteiger charge is 2.19. The molecule has 0 aliphatic rings. The normalized spacial score (nSPS) is 12.1. The van der Waals surface area contributed by atoms with Crippen LogP contribution in [0.5, 0.6) is 5.75 Å². The molecule has 2 aromatic carbocycles. The topological polar surface area (TPSA) is 66.0 Å². The van der Waals surface area contributed by atoms with E-state index >= 15 is 0 Å². The minimum absolute atomic E-state index is 0.0453. The Labute approximate surface area is 175 Å². The van der Waals surface area contributed by atoms with Crippen LogP contribution in [0, 0.1) is 0 Å². The zero-order valence-electron chi connectivity index (χ0n) is 15.2. The van der Waals surface area contributed by atoms with E-state index in [2.05, 4.69) is 31.1 Å². The number of rotatable bonds is 6. The average Bonchev–Trinajstić information content (AvgIpc) is 3.39. The smallest absolute Gasteiger partial charge is 0.247 e. The van der Waals surface area contributed by atoms with Crippen molar-refractivity contribution >= 4 is 27.7 Å². The SMILES string of the molecule is COc1ccc(-c2nnc(C(C)Sc3nccn3-c3ccc(Br)cc3)o2)cc1. The van der Waals surface area contributed by atoms with Gasteiger partial charge in [0.25, 0.3) is 0 Å². The number of hydrogen-bond donors (Lipinski definition) is 0. The first-order valence-corrected chi connectivity index (χ1v) is 10.2. The Morgan fingerprint density at radius 1 is 1.07 bits per heavy atom. The van der Waals surface area contributed by atoms with Gasteiger partial charge in [-0.2, -0.15) is 0 Å². The first-order valence-electron chi connectivity index (χ1n) is 8.58. The molecule has 8 heteroatoms. The van der Waals surface area contributed by atoms with Gasteiger partial charge in [-0.15, -0.1) is 10.2 Å². The Morgan fingerprint density at radius 3 is 2.54 bits per heavy atom. The first-order chi connectivity index (χ1) is 13.6. The lowest BCUT2D eigenvalue weighted by Gasteiger charge is -2.10. The summed E-state index contributed by atoms with van der Waals surface area (Å²) in [5.41, 5.74) is 1.90. The van der Waals surface area contributed by atoms with E-state index in [-0.39, 0.29) is 5.25 Å². The van der Waals surface area contributed by atoms with Gasteiger partial charge in [-0.3, -0.25) is 4.57 Å². The second-order valence-corrected chi connectivity index (χ2v) is 8.21. The van der Waals surface area contributed by atoms with Crippen LogP contribution in [-0.2, 0) is 0 Å². The number of halogens is 1. The molecule has 0 aliphatic carbocycles. The van der Waals surface area contributed by atoms with E-state index in [1.807, 2.05) is 66.2 Å². The van der Waals surface area contributed by atoms with Crippen molar-refractivity contribution in [2.45, 2.75) is 17.3 Å². The van der Waals surface area contributed by atoms with Gasteiger partial charge in [-0.1, -0.05) is 27.7 Å². The van der Waals surface area contributed by atoms with Crippen molar-refractivity contribution < 1.29 is 9.15 Å². The number of ether oxygens (including phenoxy) is 1. The second kappa shape index (κ2) is 8.20. The summed E-state index contributed by atoms with van der Waals surface area (Å²) in [5, 5.41) is 9.21. The molecule has 2 heterocycles. The van der Waals surface area contributed by atoms with E-state index in [0.717, 1.165) is 26.6 Å². The molecule has 2 aromatic heterocycles. The maximum absolute atomic E-state index is 5.89. The summed E-state index contributed by atoms with van der Waals surface area (Å²) < 4.78 is 14.1. The van der Waals surface area contributed by atoms with Crippen molar-refractivity contribution in [3.63, 3.8) is 0 Å². The molecule has 0 N–H and O–H groups in total. The third-order valence-corrected chi connectivity index (χ3v) is 5.72. The van der Waals surface area contributed by atoms with E-state index in [1.54, 1.807) is 25.1 Å². The lowest BCUT2D eigenvalue weighted by molar-refractivity contribution is 0.415. The molecule has 0 fully saturated rings. The number of nitrogens with zero attached hydrogens (tertiary/aromatic N) is 4. The zero-order valence-corrected chi connectivity index (χ0v) is 17.6. The standard InChI is InChI=1S/C20H17BrN4O2S/c1-13(18-23-24-19(27-18)14-3-9-17(26-2)10-4-14)28-20-22-11-12-25(20)16-7-5-15(21)6-8-16/h3-13H,1-2H3. The predicted molar refractivity (Wildman–Crippen MR) is 112 cm³/mol. The third kappa shape index (κ3) is 3.98. The molecule has 142 valence electrons. The van der Waals surface area contributed by atoms with Gasteiger partial charge in [0.15, 0.2) is 5.16 Å². The monoisotopic (exact) mass is 456 g/mol. The van der Waals surface area contributed by atoms with Gasteiger partial charge < -0.3 is 9.15 Å². The number of thioether (sulfide) groups is 1. The van der Waals surface area contributed by atoms with Crippen molar-refractivity contribution in [1.82, 2.24) is 19.7 Å². The maximum Gasteiger partial charge on any atom is 0.247 e. The lowest BCUT2D eigenvalue weighted by atomic mass is 10.2. The van der Waals surface area contributed by atoms with Crippen LogP contribution in [0.4, 0.5) is 0 Å². The Morgan fingerprint density at radius 2 is 1.82 bits per heavy atom. The number of methoxy groups -OCH3 is 1. The molecule has 1 unspecified atom stereocenters. The highest BCUT2D eigenvalue weighted by atomic mass is 79.9. The van der Waals surface area contributed by atoms with Crippen molar-refractivity contribution in [1.29, 1.82) is 0 Å². The molecule has 0 amide bonds. The summed E-state index contributed by atoms with van der Waals surface area (Å²) >= 11 is 5.03. The van der Waals surface area contributed by atoms with E-state index in [9.17, 15) is 0 Å². The Bertz CT molecular complexity index is 1060. The molecule has 1 atom stereocenters. The van der Waals surface area contributed by atoms with E-state index in [0.29, 0.717) is 11.8 Å². The fourth-order valence-corrected chi connectivity index (χ4v) is 3.81. The molecule has 0 radical (unpaired) electrons. The van der Waals surface area contributed by atoms with Crippen molar-refractivity contribution in [2.24, 2.45) is 0 Å². The predicted octanol–water partition coefficient (Wildman–Crippen LogP) is 5.55. The van der Waals surface area contributed by atoms with Gasteiger partial charge >= 0.3 is 0 Å². The van der Waals surface area contributed by atoms with Gasteiger partial charge in [0.2, 0.25) is 11.8 Å². The van der Waals surface area contributed by atoms with Crippen molar-refractivity contribution in [3.8, 4) is 22.9 Å². The molecule has 28 heavy (non-hydrogen) atoms. The summed E-state index contributed by atoms with van der Waals surface area (Å²) in [6, 6.07) is 15.6. The van der Waals surface area contributed by atoms with Crippen LogP contribution in [0.3, 0.4) is 0 Å². The van der Waals surface area contributed by atoms with Crippen LogP contribution in [0.1, 0.15) is 18.1 Å². The molecule has 0 saturated carbocycles. The largest absolute Gasteiger partial charge is 0.497 e. The Hall–Kier alpha value is -2.58. The molecular formula is C20H17BrN4O2S. The molecule has 0 bridgehead atoms. The summed E-state index contributed by atoms with van der Waals surface area (Å²) in [6.07, 6.45) is 3.72. The first kappa shape index (κ1) is 18.8. The lowest BCUT2D eigenvalue weighted by Crippen LogP contribution is -1.97. The van der Waals surface area contributed by atoms with Gasteiger partial charge in [0, 0.05) is 28.1 Å². The van der Waals surface area contributed by atoms with Crippen LogP contribution >= 0.6 is 27.7 Å². The van der Waals surface area contributed by atoms with Crippen molar-refractivity contribution in [2.75, 3.05) is 7.11 Å². The van der Waals surface area contributed by atoms with E-state index < -0.39 is 0 Å². The fourth-order valence-electron chi connectivity index (χ4n) is 2.63. The second-order valence-electron chi connectivity index (χ2n) is 5.99. The maximum atomic E-state index is 5.89. The molecule has 0 saturated heterocycles. The Balaban J connectivity index is 1.52. The number of imidazole rings is 1. The molecular weight excluding hydrogens is 440 g/mol. The van der Waals surface area contributed by atoms with Gasteiger partial charge in [0.1, 0.15) is 5.75 Å². The third-order valence-electron chi connectivity index (χ3n) is 4.12. The van der Waals surface area contributed by atoms with Crippen molar-refractivity contribution in [3.05, 3.63) is 71.3 Å². The van der Waals surface area contributed by atoms with Gasteiger partial charge in [0.05, 0.1) is 12.4 Å². The van der Waals surface area contributed by atoms with Crippen LogP contribution in [0.25, 0.3) is 17.1 Å². The van der Waals surface area contributed by atoms with Crippen LogP contribution in [0.15, 0.2) is 75.0 Å². The van der Waals surface area contributed by atoms with Crippen LogP contribution in [-0.4, -0.2) is 26.9 Å². The number of aromatic nitrogens is 4. The number of benzene rings is 2. The minimum Gasteiger partial charge on any atom is -0.497 e. The zero-order chi connectivity index (χ0) is 19.5. The minimum atomic E-state index is -0.0453. The van der Waals surface area contributed by atoms with Crippen LogP contribution < -0.4 is 4.74 Å². The highest BCUT2D eigenvalue weighted by molar-refractivity contribution is 9.10. The summed E-state index contributed by atoms with van der Waals surface area (Å²) in [5.74, 6) is 1.83. The van der Waals surface area contributed by atoms with Gasteiger partial charge in [-0.05, 0) is 55.5 Å². The molecule has 0 spiro atoms. The summed E-state index contributed by atoms with van der Waals surface area (Å²) in [6.45, 7) is 2.02. The quantitative estimate of drug-likeness (QED) is 0.354. The van der Waals surface area contributed by atoms with E-state index in [4.69, 9.17) is 9.15 Å². The number of hydrogen-bond acceptors (Lipinski definition) is 6. The summed E-state index contributed by atoms with van der Waals surface area (Å²) in [4.78, 5) is 4.48.